The number of hydrogen-bond acceptors (Lipinski definition) is 1. The first-order chi connectivity index (χ1) is 7.66. The Labute approximate surface area is 117 Å². The summed E-state index contributed by atoms with van der Waals surface area (Å²) in [7, 11) is 0. The molecule has 0 aliphatic carbocycles. The summed E-state index contributed by atoms with van der Waals surface area (Å²) in [4.78, 5) is 0. The van der Waals surface area contributed by atoms with E-state index in [0.29, 0.717) is 0 Å². The number of benzene rings is 2. The van der Waals surface area contributed by atoms with E-state index < -0.39 is 0 Å². The third kappa shape index (κ3) is 2.84. The molecule has 2 rings (SSSR count). The van der Waals surface area contributed by atoms with E-state index in [-0.39, 0.29) is 6.04 Å². The van der Waals surface area contributed by atoms with Gasteiger partial charge in [0.2, 0.25) is 0 Å². The van der Waals surface area contributed by atoms with Crippen molar-refractivity contribution in [3.8, 4) is 0 Å². The Hall–Kier alpha value is -0.390. The van der Waals surface area contributed by atoms with Gasteiger partial charge in [0.1, 0.15) is 0 Å². The van der Waals surface area contributed by atoms with E-state index in [1.807, 2.05) is 18.2 Å². The molecule has 0 aliphatic rings. The maximum atomic E-state index is 6.22. The molecular weight excluding hydrogens is 377 g/mol. The first-order valence-electron chi connectivity index (χ1n) is 4.93. The van der Waals surface area contributed by atoms with Crippen LogP contribution in [0.3, 0.4) is 0 Å². The van der Waals surface area contributed by atoms with Crippen molar-refractivity contribution in [2.45, 2.75) is 6.04 Å². The topological polar surface area (TPSA) is 26.0 Å². The molecule has 1 unspecified atom stereocenters. The van der Waals surface area contributed by atoms with Crippen LogP contribution >= 0.6 is 38.5 Å². The molecule has 2 N–H and O–H groups in total. The van der Waals surface area contributed by atoms with Crippen LogP contribution in [-0.2, 0) is 0 Å². The van der Waals surface area contributed by atoms with E-state index in [1.165, 1.54) is 3.57 Å². The van der Waals surface area contributed by atoms with E-state index in [9.17, 15) is 0 Å². The largest absolute Gasteiger partial charge is 0.320 e. The quantitative estimate of drug-likeness (QED) is 0.771. The molecule has 0 saturated carbocycles. The van der Waals surface area contributed by atoms with Crippen molar-refractivity contribution in [3.05, 3.63) is 67.7 Å². The van der Waals surface area contributed by atoms with Crippen molar-refractivity contribution in [2.75, 3.05) is 0 Å². The van der Waals surface area contributed by atoms with Crippen LogP contribution in [0.1, 0.15) is 17.2 Å². The van der Waals surface area contributed by atoms with Crippen molar-refractivity contribution >= 4 is 38.5 Å². The van der Waals surface area contributed by atoms with E-state index in [2.05, 4.69) is 68.9 Å². The molecule has 0 amide bonds. The van der Waals surface area contributed by atoms with Crippen LogP contribution in [0.15, 0.2) is 53.0 Å². The Balaban J connectivity index is 2.31. The summed E-state index contributed by atoms with van der Waals surface area (Å²) < 4.78 is 2.29. The van der Waals surface area contributed by atoms with Gasteiger partial charge in [0.05, 0.1) is 6.04 Å². The molecule has 2 aromatic carbocycles. The highest BCUT2D eigenvalue weighted by atomic mass is 127. The summed E-state index contributed by atoms with van der Waals surface area (Å²) in [5.74, 6) is 0. The summed E-state index contributed by atoms with van der Waals surface area (Å²) in [6.07, 6.45) is 0. The van der Waals surface area contributed by atoms with Crippen LogP contribution in [-0.4, -0.2) is 0 Å². The lowest BCUT2D eigenvalue weighted by molar-refractivity contribution is 0.870. The van der Waals surface area contributed by atoms with Crippen molar-refractivity contribution < 1.29 is 0 Å². The number of nitrogens with two attached hydrogens (primary N) is 1. The fourth-order valence-corrected chi connectivity index (χ4v) is 2.39. The van der Waals surface area contributed by atoms with E-state index in [0.717, 1.165) is 15.6 Å². The Bertz CT molecular complexity index is 482. The fraction of sp³-hybridized carbons (Fsp3) is 0.0769. The van der Waals surface area contributed by atoms with Crippen LogP contribution in [0.4, 0.5) is 0 Å². The summed E-state index contributed by atoms with van der Waals surface area (Å²) in [5, 5.41) is 0. The van der Waals surface area contributed by atoms with Gasteiger partial charge in [-0.3, -0.25) is 0 Å². The van der Waals surface area contributed by atoms with Gasteiger partial charge >= 0.3 is 0 Å². The molecule has 0 radical (unpaired) electrons. The maximum absolute atomic E-state index is 6.22. The van der Waals surface area contributed by atoms with Crippen molar-refractivity contribution in [1.29, 1.82) is 0 Å². The molecule has 0 saturated heterocycles. The lowest BCUT2D eigenvalue weighted by Gasteiger charge is -2.12. The molecule has 82 valence electrons. The monoisotopic (exact) mass is 387 g/mol. The molecule has 0 bridgehead atoms. The summed E-state index contributed by atoms with van der Waals surface area (Å²) in [6, 6.07) is 16.4. The van der Waals surface area contributed by atoms with Gasteiger partial charge in [-0.05, 0) is 58.0 Å². The first kappa shape index (κ1) is 12.1. The van der Waals surface area contributed by atoms with Gasteiger partial charge in [-0.25, -0.2) is 0 Å². The third-order valence-corrected chi connectivity index (χ3v) is 3.64. The minimum atomic E-state index is -0.0529. The third-order valence-electron chi connectivity index (χ3n) is 2.44. The highest BCUT2D eigenvalue weighted by Crippen LogP contribution is 2.22. The highest BCUT2D eigenvalue weighted by molar-refractivity contribution is 14.1. The maximum Gasteiger partial charge on any atom is 0.0552 e. The Kier molecular flexibility index (Phi) is 4.00. The molecule has 0 aliphatic heterocycles. The van der Waals surface area contributed by atoms with Gasteiger partial charge in [0.15, 0.2) is 0 Å². The zero-order valence-electron chi connectivity index (χ0n) is 8.53. The predicted octanol–water partition coefficient (Wildman–Crippen LogP) is 4.10. The molecule has 0 spiro atoms. The molecule has 1 nitrogen and oxygen atoms in total. The SMILES string of the molecule is NC(c1ccc(Br)cc1)c1cccc(I)c1. The predicted molar refractivity (Wildman–Crippen MR) is 79.3 cm³/mol. The summed E-state index contributed by atoms with van der Waals surface area (Å²) in [5.41, 5.74) is 8.49. The molecule has 0 fully saturated rings. The Morgan fingerprint density at radius 3 is 2.31 bits per heavy atom. The lowest BCUT2D eigenvalue weighted by atomic mass is 10.00. The van der Waals surface area contributed by atoms with E-state index >= 15 is 0 Å². The van der Waals surface area contributed by atoms with Gasteiger partial charge in [0, 0.05) is 8.04 Å². The van der Waals surface area contributed by atoms with Crippen molar-refractivity contribution in [1.82, 2.24) is 0 Å². The molecule has 1 atom stereocenters. The van der Waals surface area contributed by atoms with Gasteiger partial charge in [-0.1, -0.05) is 40.2 Å². The van der Waals surface area contributed by atoms with Crippen LogP contribution in [0.5, 0.6) is 0 Å². The van der Waals surface area contributed by atoms with Crippen molar-refractivity contribution in [2.24, 2.45) is 5.73 Å². The molecule has 16 heavy (non-hydrogen) atoms. The molecule has 3 heteroatoms. The second-order valence-electron chi connectivity index (χ2n) is 3.58. The highest BCUT2D eigenvalue weighted by Gasteiger charge is 2.08. The fourth-order valence-electron chi connectivity index (χ4n) is 1.56. The minimum Gasteiger partial charge on any atom is -0.320 e. The molecule has 0 aromatic heterocycles. The van der Waals surface area contributed by atoms with Crippen LogP contribution in [0.2, 0.25) is 0 Å². The zero-order chi connectivity index (χ0) is 11.5. The summed E-state index contributed by atoms with van der Waals surface area (Å²) in [6.45, 7) is 0. The smallest absolute Gasteiger partial charge is 0.0552 e. The van der Waals surface area contributed by atoms with Gasteiger partial charge in [0.25, 0.3) is 0 Å². The number of halogens is 2. The molecular formula is C13H11BrIN. The standard InChI is InChI=1S/C13H11BrIN/c14-11-6-4-9(5-7-11)13(16)10-2-1-3-12(15)8-10/h1-8,13H,16H2. The second kappa shape index (κ2) is 5.29. The second-order valence-corrected chi connectivity index (χ2v) is 5.75. The van der Waals surface area contributed by atoms with Crippen LogP contribution < -0.4 is 5.73 Å². The number of rotatable bonds is 2. The number of hydrogen-bond donors (Lipinski definition) is 1. The van der Waals surface area contributed by atoms with Crippen molar-refractivity contribution in [3.63, 3.8) is 0 Å². The Morgan fingerprint density at radius 2 is 1.69 bits per heavy atom. The minimum absolute atomic E-state index is 0.0529. The molecule has 2 aromatic rings. The average molecular weight is 388 g/mol. The lowest BCUT2D eigenvalue weighted by Crippen LogP contribution is -2.11. The van der Waals surface area contributed by atoms with Gasteiger partial charge in [-0.15, -0.1) is 0 Å². The Morgan fingerprint density at radius 1 is 1.00 bits per heavy atom. The van der Waals surface area contributed by atoms with Crippen LogP contribution in [0.25, 0.3) is 0 Å². The van der Waals surface area contributed by atoms with Crippen LogP contribution in [0, 0.1) is 3.57 Å². The van der Waals surface area contributed by atoms with Gasteiger partial charge < -0.3 is 5.73 Å². The van der Waals surface area contributed by atoms with E-state index in [1.54, 1.807) is 0 Å². The normalized spacial score (nSPS) is 12.4. The average Bonchev–Trinajstić information content (AvgIpc) is 2.29. The first-order valence-corrected chi connectivity index (χ1v) is 6.80. The zero-order valence-corrected chi connectivity index (χ0v) is 12.3. The van der Waals surface area contributed by atoms with E-state index in [4.69, 9.17) is 5.73 Å². The summed E-state index contributed by atoms with van der Waals surface area (Å²) >= 11 is 5.72. The van der Waals surface area contributed by atoms with Gasteiger partial charge in [-0.2, -0.15) is 0 Å². The molecule has 0 heterocycles.